The third-order valence-corrected chi connectivity index (χ3v) is 5.97. The van der Waals surface area contributed by atoms with Crippen LogP contribution in [0.3, 0.4) is 0 Å². The van der Waals surface area contributed by atoms with E-state index in [1.54, 1.807) is 0 Å². The summed E-state index contributed by atoms with van der Waals surface area (Å²) in [6, 6.07) is 0.765. The minimum Gasteiger partial charge on any atom is -0.303 e. The Morgan fingerprint density at radius 3 is 3.00 bits per heavy atom. The van der Waals surface area contributed by atoms with Gasteiger partial charge < -0.3 is 10.2 Å². The summed E-state index contributed by atoms with van der Waals surface area (Å²) >= 11 is 1.87. The normalized spacial score (nSPS) is 39.2. The fourth-order valence-electron chi connectivity index (χ4n) is 3.66. The molecule has 0 spiro atoms. The zero-order valence-corrected chi connectivity index (χ0v) is 11.8. The Hall–Kier alpha value is -0.450. The average molecular weight is 263 g/mol. The number of rotatable bonds is 3. The summed E-state index contributed by atoms with van der Waals surface area (Å²) in [6.45, 7) is 5.94. The number of aromatic nitrogens is 1. The summed E-state index contributed by atoms with van der Waals surface area (Å²) in [7, 11) is 0. The van der Waals surface area contributed by atoms with Gasteiger partial charge in [0.05, 0.1) is 5.54 Å². The molecule has 4 heteroatoms. The molecule has 1 aromatic rings. The van der Waals surface area contributed by atoms with Crippen LogP contribution in [0.5, 0.6) is 0 Å². The lowest BCUT2D eigenvalue weighted by Crippen LogP contribution is -2.54. The van der Waals surface area contributed by atoms with Gasteiger partial charge in [0.15, 0.2) is 0 Å². The Labute approximate surface area is 113 Å². The van der Waals surface area contributed by atoms with Crippen LogP contribution in [0.4, 0.5) is 0 Å². The van der Waals surface area contributed by atoms with E-state index in [9.17, 15) is 0 Å². The van der Waals surface area contributed by atoms with Gasteiger partial charge in [-0.2, -0.15) is 0 Å². The van der Waals surface area contributed by atoms with E-state index in [0.717, 1.165) is 12.0 Å². The molecule has 1 N–H and O–H groups in total. The van der Waals surface area contributed by atoms with Crippen LogP contribution >= 0.6 is 11.3 Å². The number of hydrogen-bond acceptors (Lipinski definition) is 4. The second-order valence-electron chi connectivity index (χ2n) is 6.22. The molecule has 2 saturated heterocycles. The van der Waals surface area contributed by atoms with Crippen LogP contribution in [0.1, 0.15) is 36.4 Å². The zero-order chi connectivity index (χ0) is 12.2. The average Bonchev–Trinajstić information content (AvgIpc) is 2.92. The Kier molecular flexibility index (Phi) is 2.54. The first kappa shape index (κ1) is 11.4. The molecular weight excluding hydrogens is 242 g/mol. The highest BCUT2D eigenvalue weighted by Crippen LogP contribution is 2.45. The predicted molar refractivity (Wildman–Crippen MR) is 73.9 cm³/mol. The van der Waals surface area contributed by atoms with E-state index < -0.39 is 0 Å². The van der Waals surface area contributed by atoms with Gasteiger partial charge in [-0.25, -0.2) is 4.98 Å². The molecule has 3 nitrogen and oxygen atoms in total. The number of piperidine rings is 1. The Balaban J connectivity index is 1.72. The van der Waals surface area contributed by atoms with E-state index in [2.05, 4.69) is 22.5 Å². The van der Waals surface area contributed by atoms with Crippen molar-refractivity contribution in [3.05, 3.63) is 16.1 Å². The van der Waals surface area contributed by atoms with Gasteiger partial charge in [-0.1, -0.05) is 0 Å². The SMILES string of the molecule is Cc1csc(C2(NC3CC3)CCN3CCC2C3)n1. The number of thiazole rings is 1. The fraction of sp³-hybridized carbons (Fsp3) is 0.786. The number of aryl methyl sites for hydroxylation is 1. The van der Waals surface area contributed by atoms with Crippen LogP contribution in [-0.2, 0) is 5.54 Å². The van der Waals surface area contributed by atoms with Crippen molar-refractivity contribution in [2.75, 3.05) is 19.6 Å². The van der Waals surface area contributed by atoms with Crippen molar-refractivity contribution >= 4 is 11.3 Å². The first-order chi connectivity index (χ1) is 8.76. The second-order valence-corrected chi connectivity index (χ2v) is 7.08. The topological polar surface area (TPSA) is 28.2 Å². The highest BCUT2D eigenvalue weighted by Gasteiger charge is 2.50. The maximum atomic E-state index is 4.84. The molecule has 0 aromatic carbocycles. The van der Waals surface area contributed by atoms with Crippen LogP contribution in [-0.4, -0.2) is 35.6 Å². The summed E-state index contributed by atoms with van der Waals surface area (Å²) in [4.78, 5) is 7.46. The van der Waals surface area contributed by atoms with Crippen molar-refractivity contribution in [3.63, 3.8) is 0 Å². The number of nitrogens with zero attached hydrogens (tertiary/aromatic N) is 2. The standard InChI is InChI=1S/C14H21N3S/c1-10-9-18-13(15-10)14(16-12-2-3-12)5-7-17-6-4-11(14)8-17/h9,11-12,16H,2-8H2,1H3. The van der Waals surface area contributed by atoms with Crippen molar-refractivity contribution in [2.24, 2.45) is 5.92 Å². The van der Waals surface area contributed by atoms with Crippen LogP contribution in [0.15, 0.2) is 5.38 Å². The summed E-state index contributed by atoms with van der Waals surface area (Å²) in [5, 5.41) is 7.56. The van der Waals surface area contributed by atoms with Gasteiger partial charge in [-0.3, -0.25) is 0 Å². The van der Waals surface area contributed by atoms with Gasteiger partial charge in [-0.15, -0.1) is 11.3 Å². The van der Waals surface area contributed by atoms with Gasteiger partial charge >= 0.3 is 0 Å². The van der Waals surface area contributed by atoms with Crippen LogP contribution < -0.4 is 5.32 Å². The molecule has 3 fully saturated rings. The molecule has 3 aliphatic rings. The van der Waals surface area contributed by atoms with Crippen molar-refractivity contribution in [1.29, 1.82) is 0 Å². The van der Waals surface area contributed by atoms with Crippen LogP contribution in [0.25, 0.3) is 0 Å². The second kappa shape index (κ2) is 4.02. The molecule has 4 rings (SSSR count). The maximum absolute atomic E-state index is 4.84. The molecule has 1 saturated carbocycles. The van der Waals surface area contributed by atoms with Crippen molar-refractivity contribution < 1.29 is 0 Å². The van der Waals surface area contributed by atoms with Gasteiger partial charge in [0.2, 0.25) is 0 Å². The maximum Gasteiger partial charge on any atom is 0.113 e. The summed E-state index contributed by atoms with van der Waals surface area (Å²) in [5.41, 5.74) is 1.39. The van der Waals surface area contributed by atoms with Crippen molar-refractivity contribution in [2.45, 2.75) is 44.2 Å². The molecule has 98 valence electrons. The van der Waals surface area contributed by atoms with E-state index in [1.807, 2.05) is 11.3 Å². The minimum absolute atomic E-state index is 0.201. The van der Waals surface area contributed by atoms with E-state index in [0.29, 0.717) is 0 Å². The fourth-order valence-corrected chi connectivity index (χ4v) is 4.73. The molecular formula is C14H21N3S. The lowest BCUT2D eigenvalue weighted by Gasteiger charge is -2.42. The monoisotopic (exact) mass is 263 g/mol. The summed E-state index contributed by atoms with van der Waals surface area (Å²) in [5.74, 6) is 0.775. The van der Waals surface area contributed by atoms with E-state index in [4.69, 9.17) is 4.98 Å². The first-order valence-corrected chi connectivity index (χ1v) is 8.07. The van der Waals surface area contributed by atoms with Crippen LogP contribution in [0, 0.1) is 12.8 Å². The van der Waals surface area contributed by atoms with Crippen LogP contribution in [0.2, 0.25) is 0 Å². The smallest absolute Gasteiger partial charge is 0.113 e. The number of hydrogen-bond donors (Lipinski definition) is 1. The molecule has 1 aromatic heterocycles. The first-order valence-electron chi connectivity index (χ1n) is 7.19. The molecule has 18 heavy (non-hydrogen) atoms. The lowest BCUT2D eigenvalue weighted by molar-refractivity contribution is 0.127. The van der Waals surface area contributed by atoms with Gasteiger partial charge in [0.1, 0.15) is 5.01 Å². The molecule has 3 unspecified atom stereocenters. The molecule has 3 heterocycles. The van der Waals surface area contributed by atoms with Gasteiger partial charge in [0, 0.05) is 30.2 Å². The molecule has 3 atom stereocenters. The molecule has 2 bridgehead atoms. The Bertz CT molecular complexity index is 454. The largest absolute Gasteiger partial charge is 0.303 e. The minimum atomic E-state index is 0.201. The van der Waals surface area contributed by atoms with E-state index in [1.165, 1.54) is 56.0 Å². The van der Waals surface area contributed by atoms with E-state index in [-0.39, 0.29) is 5.54 Å². The third-order valence-electron chi connectivity index (χ3n) is 4.83. The lowest BCUT2D eigenvalue weighted by atomic mass is 9.79. The number of nitrogens with one attached hydrogen (secondary N) is 1. The zero-order valence-electron chi connectivity index (χ0n) is 11.0. The van der Waals surface area contributed by atoms with Gasteiger partial charge in [0.25, 0.3) is 0 Å². The van der Waals surface area contributed by atoms with E-state index >= 15 is 0 Å². The van der Waals surface area contributed by atoms with Crippen molar-refractivity contribution in [3.8, 4) is 0 Å². The molecule has 0 radical (unpaired) electrons. The summed E-state index contributed by atoms with van der Waals surface area (Å²) in [6.07, 6.45) is 5.32. The quantitative estimate of drug-likeness (QED) is 0.905. The third kappa shape index (κ3) is 1.74. The predicted octanol–water partition coefficient (Wildman–Crippen LogP) is 2.12. The summed E-state index contributed by atoms with van der Waals surface area (Å²) < 4.78 is 0. The number of fused-ring (bicyclic) bond motifs is 2. The van der Waals surface area contributed by atoms with Crippen molar-refractivity contribution in [1.82, 2.24) is 15.2 Å². The Morgan fingerprint density at radius 2 is 2.28 bits per heavy atom. The molecule has 2 aliphatic heterocycles. The Morgan fingerprint density at radius 1 is 1.39 bits per heavy atom. The van der Waals surface area contributed by atoms with Gasteiger partial charge in [-0.05, 0) is 45.1 Å². The molecule has 0 amide bonds. The molecule has 1 aliphatic carbocycles. The highest BCUT2D eigenvalue weighted by atomic mass is 32.1. The highest BCUT2D eigenvalue weighted by molar-refractivity contribution is 7.09.